The minimum Gasteiger partial charge on any atom is -0.481 e. The number of rotatable bonds is 6. The lowest BCUT2D eigenvalue weighted by molar-refractivity contribution is -0.149. The van der Waals surface area contributed by atoms with E-state index in [1.54, 1.807) is 4.90 Å². The second kappa shape index (κ2) is 8.97. The number of halogens is 1. The summed E-state index contributed by atoms with van der Waals surface area (Å²) in [4.78, 5) is 29.0. The second-order valence-electron chi connectivity index (χ2n) is 8.02. The first-order valence-electron chi connectivity index (χ1n) is 9.93. The standard InChI is InChI=1S/C23H26N2O3.ClH/c26-21(16-24-15-19-10-7-13-23(19,17-24)22(27)28)25(20-11-5-2-6-12-20)14-18-8-3-1-4-9-18;/h1-6,8-9,11-12,19H,7,10,13-17H2,(H,27,28);1H/t19-,23+;/m0./s1. The molecular formula is C23H27ClN2O3. The molecule has 2 aromatic rings. The number of fused-ring (bicyclic) bond motifs is 1. The predicted molar refractivity (Wildman–Crippen MR) is 115 cm³/mol. The van der Waals surface area contributed by atoms with E-state index in [2.05, 4.69) is 0 Å². The van der Waals surface area contributed by atoms with Crippen molar-refractivity contribution in [3.8, 4) is 0 Å². The van der Waals surface area contributed by atoms with Crippen LogP contribution in [0, 0.1) is 11.3 Å². The van der Waals surface area contributed by atoms with Gasteiger partial charge in [0.25, 0.3) is 0 Å². The fourth-order valence-corrected chi connectivity index (χ4v) is 4.84. The lowest BCUT2D eigenvalue weighted by atomic mass is 9.81. The zero-order valence-corrected chi connectivity index (χ0v) is 17.2. The van der Waals surface area contributed by atoms with Gasteiger partial charge in [0, 0.05) is 18.8 Å². The molecule has 1 aliphatic carbocycles. The van der Waals surface area contributed by atoms with Crippen LogP contribution in [0.5, 0.6) is 0 Å². The van der Waals surface area contributed by atoms with Crippen molar-refractivity contribution in [3.63, 3.8) is 0 Å². The Bertz CT molecular complexity index is 846. The lowest BCUT2D eigenvalue weighted by Gasteiger charge is -2.27. The summed E-state index contributed by atoms with van der Waals surface area (Å²) in [6.45, 7) is 1.94. The summed E-state index contributed by atoms with van der Waals surface area (Å²) in [6, 6.07) is 19.6. The predicted octanol–water partition coefficient (Wildman–Crippen LogP) is 3.83. The molecule has 0 aromatic heterocycles. The molecule has 2 aliphatic rings. The first-order chi connectivity index (χ1) is 13.6. The Morgan fingerprint density at radius 1 is 1.07 bits per heavy atom. The van der Waals surface area contributed by atoms with Gasteiger partial charge in [-0.1, -0.05) is 55.0 Å². The molecule has 4 rings (SSSR count). The van der Waals surface area contributed by atoms with E-state index >= 15 is 0 Å². The number of aliphatic carboxylic acids is 1. The van der Waals surface area contributed by atoms with Gasteiger partial charge in [0.1, 0.15) is 0 Å². The maximum atomic E-state index is 13.2. The summed E-state index contributed by atoms with van der Waals surface area (Å²) in [5, 5.41) is 9.79. The summed E-state index contributed by atoms with van der Waals surface area (Å²) < 4.78 is 0. The van der Waals surface area contributed by atoms with Crippen LogP contribution in [0.3, 0.4) is 0 Å². The molecule has 1 saturated carbocycles. The number of benzene rings is 2. The number of nitrogens with zero attached hydrogens (tertiary/aromatic N) is 2. The van der Waals surface area contributed by atoms with Crippen LogP contribution < -0.4 is 4.90 Å². The Morgan fingerprint density at radius 2 is 1.72 bits per heavy atom. The number of carboxylic acids is 1. The Labute approximate surface area is 177 Å². The average Bonchev–Trinajstić information content (AvgIpc) is 3.25. The molecule has 0 spiro atoms. The Hall–Kier alpha value is -2.37. The van der Waals surface area contributed by atoms with Crippen LogP contribution in [-0.4, -0.2) is 41.5 Å². The van der Waals surface area contributed by atoms with Gasteiger partial charge in [0.2, 0.25) is 5.91 Å². The van der Waals surface area contributed by atoms with E-state index < -0.39 is 11.4 Å². The Balaban J connectivity index is 0.00000240. The number of carboxylic acid groups (broad SMARTS) is 1. The zero-order valence-electron chi connectivity index (χ0n) is 16.4. The number of carbonyl (C=O) groups is 2. The highest BCUT2D eigenvalue weighted by Crippen LogP contribution is 2.48. The molecular weight excluding hydrogens is 388 g/mol. The molecule has 154 valence electrons. The molecule has 5 nitrogen and oxygen atoms in total. The molecule has 1 heterocycles. The Morgan fingerprint density at radius 3 is 2.34 bits per heavy atom. The van der Waals surface area contributed by atoms with E-state index in [4.69, 9.17) is 0 Å². The highest BCUT2D eigenvalue weighted by atomic mass is 35.5. The highest BCUT2D eigenvalue weighted by Gasteiger charge is 2.54. The summed E-state index contributed by atoms with van der Waals surface area (Å²) in [7, 11) is 0. The number of likely N-dealkylation sites (tertiary alicyclic amines) is 1. The summed E-state index contributed by atoms with van der Waals surface area (Å²) >= 11 is 0. The SMILES string of the molecule is Cl.O=C(CN1C[C@@H]2CCC[C@@]2(C(=O)O)C1)N(Cc1ccccc1)c1ccccc1. The first-order valence-corrected chi connectivity index (χ1v) is 9.93. The van der Waals surface area contributed by atoms with Crippen LogP contribution in [0.25, 0.3) is 0 Å². The molecule has 2 fully saturated rings. The maximum Gasteiger partial charge on any atom is 0.311 e. The smallest absolute Gasteiger partial charge is 0.311 e. The molecule has 2 atom stereocenters. The second-order valence-corrected chi connectivity index (χ2v) is 8.02. The van der Waals surface area contributed by atoms with Crippen molar-refractivity contribution >= 4 is 30.0 Å². The third kappa shape index (κ3) is 4.31. The van der Waals surface area contributed by atoms with Crippen LogP contribution in [0.15, 0.2) is 60.7 Å². The van der Waals surface area contributed by atoms with Crippen molar-refractivity contribution in [2.45, 2.75) is 25.8 Å². The van der Waals surface area contributed by atoms with Crippen molar-refractivity contribution in [1.29, 1.82) is 0 Å². The molecule has 6 heteroatoms. The van der Waals surface area contributed by atoms with Gasteiger partial charge >= 0.3 is 5.97 Å². The number of hydrogen-bond acceptors (Lipinski definition) is 3. The van der Waals surface area contributed by atoms with Gasteiger partial charge in [0.05, 0.1) is 18.5 Å². The molecule has 1 N–H and O–H groups in total. The van der Waals surface area contributed by atoms with Crippen molar-refractivity contribution in [2.75, 3.05) is 24.5 Å². The van der Waals surface area contributed by atoms with Crippen LogP contribution in [0.1, 0.15) is 24.8 Å². The van der Waals surface area contributed by atoms with E-state index in [9.17, 15) is 14.7 Å². The van der Waals surface area contributed by atoms with Crippen molar-refractivity contribution < 1.29 is 14.7 Å². The number of carbonyl (C=O) groups excluding carboxylic acids is 1. The van der Waals surface area contributed by atoms with Gasteiger partial charge in [-0.2, -0.15) is 0 Å². The van der Waals surface area contributed by atoms with Crippen molar-refractivity contribution in [3.05, 3.63) is 66.2 Å². The van der Waals surface area contributed by atoms with Gasteiger partial charge in [-0.05, 0) is 36.5 Å². The fourth-order valence-electron chi connectivity index (χ4n) is 4.84. The van der Waals surface area contributed by atoms with Gasteiger partial charge in [0.15, 0.2) is 0 Å². The molecule has 1 saturated heterocycles. The van der Waals surface area contributed by atoms with E-state index in [1.165, 1.54) is 0 Å². The molecule has 0 radical (unpaired) electrons. The summed E-state index contributed by atoms with van der Waals surface area (Å²) in [5.74, 6) is -0.526. The largest absolute Gasteiger partial charge is 0.481 e. The molecule has 29 heavy (non-hydrogen) atoms. The highest BCUT2D eigenvalue weighted by molar-refractivity contribution is 5.94. The van der Waals surface area contributed by atoms with Crippen molar-refractivity contribution in [1.82, 2.24) is 4.90 Å². The van der Waals surface area contributed by atoms with E-state index in [1.807, 2.05) is 65.6 Å². The normalized spacial score (nSPS) is 23.2. The zero-order chi connectivity index (χ0) is 19.6. The third-order valence-corrected chi connectivity index (χ3v) is 6.28. The molecule has 1 aliphatic heterocycles. The topological polar surface area (TPSA) is 60.9 Å². The quantitative estimate of drug-likeness (QED) is 0.780. The van der Waals surface area contributed by atoms with E-state index in [0.29, 0.717) is 19.6 Å². The molecule has 0 unspecified atom stereocenters. The minimum absolute atomic E-state index is 0. The third-order valence-electron chi connectivity index (χ3n) is 6.28. The van der Waals surface area contributed by atoms with Crippen LogP contribution >= 0.6 is 12.4 Å². The van der Waals surface area contributed by atoms with Crippen LogP contribution in [0.4, 0.5) is 5.69 Å². The first kappa shape index (κ1) is 21.3. The average molecular weight is 415 g/mol. The number of para-hydroxylation sites is 1. The van der Waals surface area contributed by atoms with Gasteiger partial charge in [-0.25, -0.2) is 0 Å². The maximum absolute atomic E-state index is 13.2. The van der Waals surface area contributed by atoms with E-state index in [0.717, 1.165) is 30.5 Å². The number of hydrogen-bond donors (Lipinski definition) is 1. The summed E-state index contributed by atoms with van der Waals surface area (Å²) in [6.07, 6.45) is 2.65. The van der Waals surface area contributed by atoms with Gasteiger partial charge in [-0.15, -0.1) is 12.4 Å². The molecule has 2 aromatic carbocycles. The van der Waals surface area contributed by atoms with Crippen LogP contribution in [-0.2, 0) is 16.1 Å². The monoisotopic (exact) mass is 414 g/mol. The summed E-state index contributed by atoms with van der Waals surface area (Å²) in [5.41, 5.74) is 1.28. The van der Waals surface area contributed by atoms with Crippen LogP contribution in [0.2, 0.25) is 0 Å². The van der Waals surface area contributed by atoms with Crippen molar-refractivity contribution in [2.24, 2.45) is 11.3 Å². The van der Waals surface area contributed by atoms with Gasteiger partial charge < -0.3 is 10.0 Å². The van der Waals surface area contributed by atoms with Gasteiger partial charge in [-0.3, -0.25) is 14.5 Å². The fraction of sp³-hybridized carbons (Fsp3) is 0.391. The number of anilines is 1. The Kier molecular flexibility index (Phi) is 6.60. The van der Waals surface area contributed by atoms with E-state index in [-0.39, 0.29) is 30.8 Å². The minimum atomic E-state index is -0.700. The molecule has 1 amide bonds. The molecule has 0 bridgehead atoms. The number of amides is 1. The lowest BCUT2D eigenvalue weighted by Crippen LogP contribution is -2.41.